The first-order valence-electron chi connectivity index (χ1n) is 11.6. The zero-order chi connectivity index (χ0) is 27.1. The molecule has 1 N–H and O–H groups in total. The first kappa shape index (κ1) is 26.7. The van der Waals surface area contributed by atoms with Gasteiger partial charge in [-0.25, -0.2) is 0 Å². The van der Waals surface area contributed by atoms with Gasteiger partial charge in [-0.05, 0) is 16.7 Å². The van der Waals surface area contributed by atoms with Crippen LogP contribution in [0.3, 0.4) is 0 Å². The minimum absolute atomic E-state index is 0.129. The lowest BCUT2D eigenvalue weighted by Crippen LogP contribution is -2.53. The molecule has 2 atom stereocenters. The Balaban J connectivity index is 1.69. The van der Waals surface area contributed by atoms with E-state index in [9.17, 15) is 36.2 Å². The number of hydrogen-bond acceptors (Lipinski definition) is 2. The predicted molar refractivity (Wildman–Crippen MR) is 126 cm³/mol. The number of likely N-dealkylation sites (tertiary alicyclic amines) is 1. The van der Waals surface area contributed by atoms with Crippen molar-refractivity contribution in [1.29, 1.82) is 0 Å². The van der Waals surface area contributed by atoms with E-state index >= 15 is 0 Å². The predicted octanol–water partition coefficient (Wildman–Crippen LogP) is 6.13. The molecule has 1 saturated heterocycles. The lowest BCUT2D eigenvalue weighted by Gasteiger charge is -2.34. The fourth-order valence-electron chi connectivity index (χ4n) is 5.09. The minimum Gasteiger partial charge on any atom is -0.369 e. The summed E-state index contributed by atoms with van der Waals surface area (Å²) in [6.45, 7) is 2.49. The van der Waals surface area contributed by atoms with Crippen molar-refractivity contribution in [2.24, 2.45) is 0 Å². The number of hydrogen-bond donors (Lipinski definition) is 1. The highest BCUT2D eigenvalue weighted by Crippen LogP contribution is 2.51. The van der Waals surface area contributed by atoms with E-state index in [1.165, 1.54) is 12.1 Å². The van der Waals surface area contributed by atoms with Crippen LogP contribution in [0, 0.1) is 0 Å². The van der Waals surface area contributed by atoms with E-state index in [-0.39, 0.29) is 18.9 Å². The number of benzene rings is 3. The molecule has 1 heterocycles. The number of alkyl halides is 6. The summed E-state index contributed by atoms with van der Waals surface area (Å²) in [5.41, 5.74) is -4.76. The van der Waals surface area contributed by atoms with Gasteiger partial charge in [0.25, 0.3) is 5.60 Å². The van der Waals surface area contributed by atoms with Crippen LogP contribution in [0.5, 0.6) is 0 Å². The molecule has 0 radical (unpaired) electrons. The molecule has 1 aliphatic heterocycles. The summed E-state index contributed by atoms with van der Waals surface area (Å²) < 4.78 is 80.0. The van der Waals surface area contributed by atoms with Gasteiger partial charge in [0.15, 0.2) is 0 Å². The molecule has 4 rings (SSSR count). The van der Waals surface area contributed by atoms with Crippen molar-refractivity contribution < 1.29 is 36.2 Å². The first-order chi connectivity index (χ1) is 17.3. The van der Waals surface area contributed by atoms with E-state index in [1.807, 2.05) is 67.6 Å². The van der Waals surface area contributed by atoms with Gasteiger partial charge in [-0.2, -0.15) is 26.3 Å². The largest absolute Gasteiger partial charge is 0.430 e. The number of halogens is 6. The molecule has 3 nitrogen and oxygen atoms in total. The molecular formula is C28H25F6NO2. The normalized spacial score (nSPS) is 20.8. The molecule has 3 aromatic carbocycles. The minimum atomic E-state index is -5.96. The Morgan fingerprint density at radius 1 is 0.865 bits per heavy atom. The summed E-state index contributed by atoms with van der Waals surface area (Å²) in [6, 6.07) is 22.1. The highest BCUT2D eigenvalue weighted by Gasteiger charge is 2.71. The Morgan fingerprint density at radius 2 is 1.38 bits per heavy atom. The van der Waals surface area contributed by atoms with Crippen molar-refractivity contribution in [3.63, 3.8) is 0 Å². The molecule has 9 heteroatoms. The molecule has 0 aliphatic carbocycles. The van der Waals surface area contributed by atoms with Crippen LogP contribution in [0.2, 0.25) is 0 Å². The number of carbonyl (C=O) groups is 1. The number of carbonyl (C=O) groups excluding carboxylic acids is 1. The molecule has 0 saturated carbocycles. The van der Waals surface area contributed by atoms with E-state index in [0.717, 1.165) is 11.1 Å². The highest BCUT2D eigenvalue weighted by atomic mass is 19.4. The zero-order valence-electron chi connectivity index (χ0n) is 19.9. The number of nitrogens with zero attached hydrogens (tertiary/aromatic N) is 1. The van der Waals surface area contributed by atoms with Crippen molar-refractivity contribution in [3.8, 4) is 0 Å². The van der Waals surface area contributed by atoms with E-state index in [0.29, 0.717) is 24.2 Å². The Morgan fingerprint density at radius 3 is 1.89 bits per heavy atom. The molecular weight excluding hydrogens is 496 g/mol. The molecule has 37 heavy (non-hydrogen) atoms. The third-order valence-electron chi connectivity index (χ3n) is 7.23. The molecule has 0 unspecified atom stereocenters. The fourth-order valence-corrected chi connectivity index (χ4v) is 5.09. The Labute approximate surface area is 210 Å². The van der Waals surface area contributed by atoms with E-state index < -0.39 is 34.8 Å². The van der Waals surface area contributed by atoms with Crippen LogP contribution in [0.4, 0.5) is 26.3 Å². The monoisotopic (exact) mass is 521 g/mol. The van der Waals surface area contributed by atoms with Crippen molar-refractivity contribution >= 4 is 5.91 Å². The topological polar surface area (TPSA) is 40.5 Å². The van der Waals surface area contributed by atoms with Crippen molar-refractivity contribution in [1.82, 2.24) is 4.90 Å². The Bertz CT molecular complexity index is 1210. The SMILES string of the molecule is C[C@]1(c2ccccc2)CN(C(=O)Cc2ccccc2)C[C@H]1c1ccc(C(O)(C(F)(F)F)C(F)(F)F)cc1. The van der Waals surface area contributed by atoms with Crippen LogP contribution < -0.4 is 0 Å². The Hall–Kier alpha value is -3.33. The van der Waals surface area contributed by atoms with E-state index in [4.69, 9.17) is 0 Å². The van der Waals surface area contributed by atoms with E-state index in [2.05, 4.69) is 0 Å². The molecule has 0 aromatic heterocycles. The van der Waals surface area contributed by atoms with Gasteiger partial charge in [0.1, 0.15) is 0 Å². The molecule has 3 aromatic rings. The number of aliphatic hydroxyl groups is 1. The van der Waals surface area contributed by atoms with Crippen LogP contribution in [-0.2, 0) is 22.2 Å². The second-order valence-corrected chi connectivity index (χ2v) is 9.60. The Kier molecular flexibility index (Phi) is 6.88. The third kappa shape index (κ3) is 4.84. The van der Waals surface area contributed by atoms with Gasteiger partial charge in [-0.3, -0.25) is 4.79 Å². The molecule has 0 bridgehead atoms. The summed E-state index contributed by atoms with van der Waals surface area (Å²) in [5.74, 6) is -0.537. The maximum Gasteiger partial charge on any atom is 0.430 e. The second kappa shape index (κ2) is 9.52. The van der Waals surface area contributed by atoms with Gasteiger partial charge in [0, 0.05) is 30.0 Å². The highest BCUT2D eigenvalue weighted by molar-refractivity contribution is 5.79. The zero-order valence-corrected chi connectivity index (χ0v) is 19.9. The van der Waals surface area contributed by atoms with Gasteiger partial charge in [-0.1, -0.05) is 91.9 Å². The van der Waals surface area contributed by atoms with Crippen LogP contribution in [0.1, 0.15) is 35.1 Å². The maximum absolute atomic E-state index is 13.3. The third-order valence-corrected chi connectivity index (χ3v) is 7.23. The summed E-state index contributed by atoms with van der Waals surface area (Å²) in [5, 5.41) is 9.74. The average molecular weight is 522 g/mol. The lowest BCUT2D eigenvalue weighted by atomic mass is 9.71. The molecule has 1 aliphatic rings. The van der Waals surface area contributed by atoms with Crippen LogP contribution >= 0.6 is 0 Å². The average Bonchev–Trinajstić information content (AvgIpc) is 3.22. The van der Waals surface area contributed by atoms with Gasteiger partial charge >= 0.3 is 12.4 Å². The van der Waals surface area contributed by atoms with Crippen molar-refractivity contribution in [2.45, 2.75) is 42.6 Å². The van der Waals surface area contributed by atoms with Crippen molar-refractivity contribution in [2.75, 3.05) is 13.1 Å². The first-order valence-corrected chi connectivity index (χ1v) is 11.6. The fraction of sp³-hybridized carbons (Fsp3) is 0.321. The summed E-state index contributed by atoms with van der Waals surface area (Å²) in [6.07, 6.45) is -11.7. The lowest BCUT2D eigenvalue weighted by molar-refractivity contribution is -0.376. The van der Waals surface area contributed by atoms with E-state index in [1.54, 1.807) is 4.90 Å². The summed E-state index contributed by atoms with van der Waals surface area (Å²) in [7, 11) is 0. The standard InChI is InChI=1S/C28H25F6NO2/c1-25(21-10-6-3-7-11-21)18-35(24(36)16-19-8-4-2-5-9-19)17-23(25)20-12-14-22(15-13-20)26(37,27(29,30)31)28(32,33)34/h2-15,23,37H,16-18H2,1H3/t23-,25+/m0/s1. The van der Waals surface area contributed by atoms with Gasteiger partial charge < -0.3 is 10.0 Å². The molecule has 1 amide bonds. The second-order valence-electron chi connectivity index (χ2n) is 9.60. The van der Waals surface area contributed by atoms with Crippen LogP contribution in [-0.4, -0.2) is 41.4 Å². The molecule has 196 valence electrons. The van der Waals surface area contributed by atoms with Crippen LogP contribution in [0.25, 0.3) is 0 Å². The van der Waals surface area contributed by atoms with Crippen LogP contribution in [0.15, 0.2) is 84.9 Å². The summed E-state index contributed by atoms with van der Waals surface area (Å²) in [4.78, 5) is 14.8. The maximum atomic E-state index is 13.3. The van der Waals surface area contributed by atoms with Gasteiger partial charge in [0.2, 0.25) is 5.91 Å². The van der Waals surface area contributed by atoms with Gasteiger partial charge in [-0.15, -0.1) is 0 Å². The smallest absolute Gasteiger partial charge is 0.369 e. The molecule has 0 spiro atoms. The quantitative estimate of drug-likeness (QED) is 0.411. The van der Waals surface area contributed by atoms with Crippen molar-refractivity contribution in [3.05, 3.63) is 107 Å². The number of amides is 1. The molecule has 1 fully saturated rings. The summed E-state index contributed by atoms with van der Waals surface area (Å²) >= 11 is 0. The van der Waals surface area contributed by atoms with Gasteiger partial charge in [0.05, 0.1) is 6.42 Å². The number of rotatable bonds is 5.